The summed E-state index contributed by atoms with van der Waals surface area (Å²) in [5, 5.41) is 0. The van der Waals surface area contributed by atoms with E-state index in [-0.39, 0.29) is 5.92 Å². The third-order valence-corrected chi connectivity index (χ3v) is 7.40. The molecular weight excluding hydrogens is 410 g/mol. The molecule has 1 amide bonds. The van der Waals surface area contributed by atoms with Gasteiger partial charge in [0.15, 0.2) is 0 Å². The number of aromatic nitrogens is 2. The average molecular weight is 446 g/mol. The molecule has 1 saturated heterocycles. The standard InChI is InChI=1S/C28H35N3O2/c1-20-10-9-11-21(2)27(20)33-17-8-7-16-30-25-15-6-5-14-24(25)29-28(30)22-18-26(32)31(19-22)23-12-3-4-13-23/h5-6,9-11,14-15,22-23H,3-4,7-8,12-13,16-19H2,1-2H3. The van der Waals surface area contributed by atoms with Crippen LogP contribution in [0.3, 0.4) is 0 Å². The minimum atomic E-state index is 0.191. The van der Waals surface area contributed by atoms with E-state index in [1.54, 1.807) is 0 Å². The molecule has 0 bridgehead atoms. The highest BCUT2D eigenvalue weighted by atomic mass is 16.5. The fourth-order valence-electron chi connectivity index (χ4n) is 5.69. The molecule has 0 radical (unpaired) electrons. The first-order valence-corrected chi connectivity index (χ1v) is 12.6. The third-order valence-electron chi connectivity index (χ3n) is 7.40. The Morgan fingerprint density at radius 1 is 1.00 bits per heavy atom. The first-order valence-electron chi connectivity index (χ1n) is 12.6. The van der Waals surface area contributed by atoms with Crippen molar-refractivity contribution in [2.45, 2.75) is 77.3 Å². The molecule has 5 nitrogen and oxygen atoms in total. The summed E-state index contributed by atoms with van der Waals surface area (Å²) < 4.78 is 8.48. The summed E-state index contributed by atoms with van der Waals surface area (Å²) in [5.41, 5.74) is 4.59. The second-order valence-corrected chi connectivity index (χ2v) is 9.77. The van der Waals surface area contributed by atoms with Crippen molar-refractivity contribution >= 4 is 16.9 Å². The van der Waals surface area contributed by atoms with Gasteiger partial charge in [-0.2, -0.15) is 0 Å². The molecular formula is C28H35N3O2. The summed E-state index contributed by atoms with van der Waals surface area (Å²) in [7, 11) is 0. The maximum absolute atomic E-state index is 12.8. The van der Waals surface area contributed by atoms with Gasteiger partial charge < -0.3 is 14.2 Å². The second-order valence-electron chi connectivity index (χ2n) is 9.77. The van der Waals surface area contributed by atoms with Gasteiger partial charge in [-0.1, -0.05) is 43.2 Å². The van der Waals surface area contributed by atoms with Crippen LogP contribution >= 0.6 is 0 Å². The Balaban J connectivity index is 1.27. The van der Waals surface area contributed by atoms with Crippen molar-refractivity contribution in [1.29, 1.82) is 0 Å². The maximum atomic E-state index is 12.8. The first kappa shape index (κ1) is 22.0. The lowest BCUT2D eigenvalue weighted by Crippen LogP contribution is -2.34. The number of ether oxygens (including phenoxy) is 1. The topological polar surface area (TPSA) is 47.4 Å². The zero-order chi connectivity index (χ0) is 22.8. The Morgan fingerprint density at radius 3 is 2.55 bits per heavy atom. The molecule has 1 saturated carbocycles. The fourth-order valence-corrected chi connectivity index (χ4v) is 5.69. The van der Waals surface area contributed by atoms with Gasteiger partial charge in [0.2, 0.25) is 5.91 Å². The number of likely N-dealkylation sites (tertiary alicyclic amines) is 1. The molecule has 174 valence electrons. The van der Waals surface area contributed by atoms with Crippen LogP contribution in [-0.2, 0) is 11.3 Å². The van der Waals surface area contributed by atoms with Gasteiger partial charge >= 0.3 is 0 Å². The molecule has 1 unspecified atom stereocenters. The van der Waals surface area contributed by atoms with E-state index in [0.717, 1.165) is 55.9 Å². The van der Waals surface area contributed by atoms with E-state index in [1.165, 1.54) is 29.5 Å². The predicted molar refractivity (Wildman–Crippen MR) is 132 cm³/mol. The van der Waals surface area contributed by atoms with Crippen LogP contribution in [0.1, 0.15) is 67.8 Å². The van der Waals surface area contributed by atoms with Gasteiger partial charge in [-0.25, -0.2) is 4.98 Å². The van der Waals surface area contributed by atoms with Crippen LogP contribution < -0.4 is 4.74 Å². The number of rotatable bonds is 8. The fraction of sp³-hybridized carbons (Fsp3) is 0.500. The van der Waals surface area contributed by atoms with E-state index < -0.39 is 0 Å². The summed E-state index contributed by atoms with van der Waals surface area (Å²) in [4.78, 5) is 20.0. The number of aryl methyl sites for hydroxylation is 3. The number of fused-ring (bicyclic) bond motifs is 1. The highest BCUT2D eigenvalue weighted by Gasteiger charge is 2.38. The van der Waals surface area contributed by atoms with Gasteiger partial charge in [0.05, 0.1) is 17.6 Å². The van der Waals surface area contributed by atoms with Crippen LogP contribution in [0.5, 0.6) is 5.75 Å². The van der Waals surface area contributed by atoms with Crippen molar-refractivity contribution in [2.24, 2.45) is 0 Å². The van der Waals surface area contributed by atoms with Crippen molar-refractivity contribution in [3.05, 3.63) is 59.4 Å². The van der Waals surface area contributed by atoms with Gasteiger partial charge in [0.1, 0.15) is 11.6 Å². The number of para-hydroxylation sites is 3. The molecule has 3 aromatic rings. The van der Waals surface area contributed by atoms with Crippen molar-refractivity contribution in [1.82, 2.24) is 14.5 Å². The van der Waals surface area contributed by atoms with Crippen LogP contribution in [0, 0.1) is 13.8 Å². The highest BCUT2D eigenvalue weighted by Crippen LogP contribution is 2.35. The predicted octanol–water partition coefficient (Wildman–Crippen LogP) is 5.77. The smallest absolute Gasteiger partial charge is 0.223 e. The van der Waals surface area contributed by atoms with Gasteiger partial charge in [-0.3, -0.25) is 4.79 Å². The van der Waals surface area contributed by atoms with Crippen LogP contribution in [0.4, 0.5) is 0 Å². The SMILES string of the molecule is Cc1cccc(C)c1OCCCCn1c(C2CC(=O)N(C3CCCC3)C2)nc2ccccc21. The minimum absolute atomic E-state index is 0.191. The zero-order valence-electron chi connectivity index (χ0n) is 19.9. The van der Waals surface area contributed by atoms with E-state index in [0.29, 0.717) is 25.0 Å². The van der Waals surface area contributed by atoms with Crippen LogP contribution in [0.25, 0.3) is 11.0 Å². The molecule has 0 N–H and O–H groups in total. The number of carbonyl (C=O) groups is 1. The van der Waals surface area contributed by atoms with Crippen molar-refractivity contribution < 1.29 is 9.53 Å². The molecule has 0 spiro atoms. The Morgan fingerprint density at radius 2 is 1.76 bits per heavy atom. The summed E-state index contributed by atoms with van der Waals surface area (Å²) in [6.07, 6.45) is 7.42. The van der Waals surface area contributed by atoms with Gasteiger partial charge in [-0.15, -0.1) is 0 Å². The second kappa shape index (κ2) is 9.58. The Hall–Kier alpha value is -2.82. The Kier molecular flexibility index (Phi) is 6.39. The van der Waals surface area contributed by atoms with E-state index >= 15 is 0 Å². The molecule has 33 heavy (non-hydrogen) atoms. The van der Waals surface area contributed by atoms with E-state index in [4.69, 9.17) is 9.72 Å². The lowest BCUT2D eigenvalue weighted by atomic mass is 10.1. The molecule has 2 fully saturated rings. The van der Waals surface area contributed by atoms with Crippen LogP contribution in [0.2, 0.25) is 0 Å². The number of amides is 1. The molecule has 5 rings (SSSR count). The molecule has 1 atom stereocenters. The van der Waals surface area contributed by atoms with Gasteiger partial charge in [0, 0.05) is 31.5 Å². The molecule has 2 aliphatic rings. The zero-order valence-corrected chi connectivity index (χ0v) is 19.9. The highest BCUT2D eigenvalue weighted by molar-refractivity contribution is 5.81. The number of carbonyl (C=O) groups excluding carboxylic acids is 1. The summed E-state index contributed by atoms with van der Waals surface area (Å²) in [6, 6.07) is 15.1. The molecule has 1 aliphatic carbocycles. The van der Waals surface area contributed by atoms with Crippen molar-refractivity contribution in [2.75, 3.05) is 13.2 Å². The number of imidazole rings is 1. The average Bonchev–Trinajstić information content (AvgIpc) is 3.54. The number of nitrogens with zero attached hydrogens (tertiary/aromatic N) is 3. The molecule has 1 aliphatic heterocycles. The Bertz CT molecular complexity index is 1110. The maximum Gasteiger partial charge on any atom is 0.223 e. The molecule has 5 heteroatoms. The largest absolute Gasteiger partial charge is 0.493 e. The minimum Gasteiger partial charge on any atom is -0.493 e. The molecule has 1 aromatic heterocycles. The monoisotopic (exact) mass is 445 g/mol. The lowest BCUT2D eigenvalue weighted by molar-refractivity contribution is -0.129. The summed E-state index contributed by atoms with van der Waals surface area (Å²) in [6.45, 7) is 6.64. The number of hydrogen-bond acceptors (Lipinski definition) is 3. The summed E-state index contributed by atoms with van der Waals surface area (Å²) >= 11 is 0. The van der Waals surface area contributed by atoms with Gasteiger partial charge in [0.25, 0.3) is 0 Å². The Labute approximate surface area is 196 Å². The van der Waals surface area contributed by atoms with E-state index in [1.807, 2.05) is 6.07 Å². The van der Waals surface area contributed by atoms with E-state index in [9.17, 15) is 4.79 Å². The van der Waals surface area contributed by atoms with Gasteiger partial charge in [-0.05, 0) is 62.8 Å². The lowest BCUT2D eigenvalue weighted by Gasteiger charge is -2.24. The molecule has 2 aromatic carbocycles. The third kappa shape index (κ3) is 4.50. The van der Waals surface area contributed by atoms with Crippen LogP contribution in [0.15, 0.2) is 42.5 Å². The molecule has 2 heterocycles. The first-order chi connectivity index (χ1) is 16.1. The number of benzene rings is 2. The number of unbranched alkanes of at least 4 members (excludes halogenated alkanes) is 1. The van der Waals surface area contributed by atoms with Crippen molar-refractivity contribution in [3.63, 3.8) is 0 Å². The number of hydrogen-bond donors (Lipinski definition) is 0. The normalized spacial score (nSPS) is 19.2. The quantitative estimate of drug-likeness (QED) is 0.414. The van der Waals surface area contributed by atoms with Crippen molar-refractivity contribution in [3.8, 4) is 5.75 Å². The summed E-state index contributed by atoms with van der Waals surface area (Å²) in [5.74, 6) is 2.60. The van der Waals surface area contributed by atoms with Crippen LogP contribution in [-0.4, -0.2) is 39.6 Å². The van der Waals surface area contributed by atoms with E-state index in [2.05, 4.69) is 59.7 Å².